The normalized spacial score (nSPS) is 25.4. The van der Waals surface area contributed by atoms with E-state index in [1.807, 2.05) is 6.07 Å². The van der Waals surface area contributed by atoms with E-state index in [1.54, 1.807) is 4.90 Å². The van der Waals surface area contributed by atoms with Crippen LogP contribution >= 0.6 is 0 Å². The number of piperazine rings is 1. The molecule has 2 fully saturated rings. The van der Waals surface area contributed by atoms with Crippen LogP contribution in [0.2, 0.25) is 0 Å². The van der Waals surface area contributed by atoms with Crippen molar-refractivity contribution in [2.24, 2.45) is 5.92 Å². The Morgan fingerprint density at radius 2 is 1.83 bits per heavy atom. The lowest BCUT2D eigenvalue weighted by Gasteiger charge is -2.36. The van der Waals surface area contributed by atoms with E-state index in [-0.39, 0.29) is 24.9 Å². The highest BCUT2D eigenvalue weighted by Gasteiger charge is 2.41. The van der Waals surface area contributed by atoms with E-state index >= 15 is 0 Å². The summed E-state index contributed by atoms with van der Waals surface area (Å²) in [4.78, 5) is 16.6. The van der Waals surface area contributed by atoms with Gasteiger partial charge >= 0.3 is 12.2 Å². The Labute approximate surface area is 169 Å². The van der Waals surface area contributed by atoms with Gasteiger partial charge in [0.1, 0.15) is 5.75 Å². The first kappa shape index (κ1) is 20.3. The number of ether oxygens (including phenoxy) is 1. The minimum Gasteiger partial charge on any atom is -0.493 e. The molecule has 2 aliphatic heterocycles. The average Bonchev–Trinajstić information content (AvgIpc) is 3.16. The number of rotatable bonds is 3. The second-order valence-corrected chi connectivity index (χ2v) is 8.34. The number of amides is 2. The largest absolute Gasteiger partial charge is 0.493 e. The first-order valence-corrected chi connectivity index (χ1v) is 10.5. The predicted octanol–water partition coefficient (Wildman–Crippen LogP) is 3.57. The van der Waals surface area contributed by atoms with Crippen LogP contribution in [0, 0.1) is 5.92 Å². The highest BCUT2D eigenvalue weighted by Crippen LogP contribution is 2.37. The van der Waals surface area contributed by atoms with E-state index in [0.29, 0.717) is 25.9 Å². The van der Waals surface area contributed by atoms with E-state index in [9.17, 15) is 18.0 Å². The zero-order valence-corrected chi connectivity index (χ0v) is 16.5. The lowest BCUT2D eigenvalue weighted by Crippen LogP contribution is -2.53. The molecule has 8 heteroatoms. The highest BCUT2D eigenvalue weighted by molar-refractivity contribution is 5.74. The van der Waals surface area contributed by atoms with Crippen molar-refractivity contribution in [1.82, 2.24) is 15.1 Å². The number of nitrogens with one attached hydrogen (secondary N) is 1. The molecule has 5 nitrogen and oxygen atoms in total. The Morgan fingerprint density at radius 1 is 1.10 bits per heavy atom. The fourth-order valence-electron chi connectivity index (χ4n) is 4.54. The molecule has 1 aromatic carbocycles. The molecule has 29 heavy (non-hydrogen) atoms. The maximum absolute atomic E-state index is 12.8. The van der Waals surface area contributed by atoms with E-state index in [1.165, 1.54) is 11.1 Å². The number of urea groups is 1. The molecule has 0 aromatic heterocycles. The van der Waals surface area contributed by atoms with Crippen molar-refractivity contribution in [2.75, 3.05) is 32.8 Å². The van der Waals surface area contributed by atoms with Gasteiger partial charge in [-0.3, -0.25) is 4.90 Å². The summed E-state index contributed by atoms with van der Waals surface area (Å²) in [5.41, 5.74) is 2.52. The first-order valence-electron chi connectivity index (χ1n) is 10.5. The number of nitrogens with zero attached hydrogens (tertiary/aromatic N) is 2. The first-order chi connectivity index (χ1) is 13.9. The maximum Gasteiger partial charge on any atom is 0.391 e. The molecule has 1 aliphatic carbocycles. The van der Waals surface area contributed by atoms with Crippen molar-refractivity contribution in [3.8, 4) is 5.75 Å². The standard InChI is InChI=1S/C21H28F3N3O2/c22-21(23,24)17-2-4-18(5-3-17)25-20(28)27-10-8-26(9-11-27)14-15-1-6-19-16(13-15)7-12-29-19/h1,6,13,17-18H,2-5,7-12,14H2,(H,25,28). The third-order valence-corrected chi connectivity index (χ3v) is 6.34. The lowest BCUT2D eigenvalue weighted by molar-refractivity contribution is -0.182. The molecule has 1 saturated carbocycles. The van der Waals surface area contributed by atoms with Crippen molar-refractivity contribution >= 4 is 6.03 Å². The van der Waals surface area contributed by atoms with Gasteiger partial charge in [-0.15, -0.1) is 0 Å². The molecule has 0 atom stereocenters. The van der Waals surface area contributed by atoms with Crippen LogP contribution in [0.5, 0.6) is 5.75 Å². The quantitative estimate of drug-likeness (QED) is 0.827. The number of carbonyl (C=O) groups excluding carboxylic acids is 1. The molecule has 0 bridgehead atoms. The molecular formula is C21H28F3N3O2. The summed E-state index contributed by atoms with van der Waals surface area (Å²) in [5.74, 6) is -0.232. The summed E-state index contributed by atoms with van der Waals surface area (Å²) in [6, 6.07) is 6.05. The Kier molecular flexibility index (Phi) is 5.90. The number of halogens is 3. The molecule has 0 radical (unpaired) electrons. The van der Waals surface area contributed by atoms with Gasteiger partial charge in [0.05, 0.1) is 12.5 Å². The van der Waals surface area contributed by atoms with E-state index in [2.05, 4.69) is 22.3 Å². The number of fused-ring (bicyclic) bond motifs is 1. The zero-order valence-electron chi connectivity index (χ0n) is 16.5. The number of hydrogen-bond donors (Lipinski definition) is 1. The van der Waals surface area contributed by atoms with Gasteiger partial charge in [-0.05, 0) is 42.9 Å². The van der Waals surface area contributed by atoms with Gasteiger partial charge in [-0.25, -0.2) is 4.79 Å². The molecule has 2 amide bonds. The number of carbonyl (C=O) groups is 1. The molecule has 0 unspecified atom stereocenters. The summed E-state index contributed by atoms with van der Waals surface area (Å²) in [7, 11) is 0. The maximum atomic E-state index is 12.8. The molecule has 4 rings (SSSR count). The van der Waals surface area contributed by atoms with Crippen molar-refractivity contribution in [3.05, 3.63) is 29.3 Å². The predicted molar refractivity (Wildman–Crippen MR) is 103 cm³/mol. The lowest BCUT2D eigenvalue weighted by atomic mass is 9.85. The van der Waals surface area contributed by atoms with Crippen LogP contribution in [-0.4, -0.2) is 60.8 Å². The number of hydrogen-bond acceptors (Lipinski definition) is 3. The monoisotopic (exact) mass is 411 g/mol. The summed E-state index contributed by atoms with van der Waals surface area (Å²) < 4.78 is 43.9. The smallest absolute Gasteiger partial charge is 0.391 e. The average molecular weight is 411 g/mol. The van der Waals surface area contributed by atoms with E-state index in [4.69, 9.17) is 4.74 Å². The Bertz CT molecular complexity index is 724. The second-order valence-electron chi connectivity index (χ2n) is 8.34. The minimum absolute atomic E-state index is 0.105. The van der Waals surface area contributed by atoms with E-state index < -0.39 is 12.1 Å². The van der Waals surface area contributed by atoms with Crippen molar-refractivity contribution in [2.45, 2.75) is 50.9 Å². The van der Waals surface area contributed by atoms with Crippen LogP contribution in [0.25, 0.3) is 0 Å². The molecule has 160 valence electrons. The molecule has 1 N–H and O–H groups in total. The number of alkyl halides is 3. The fraction of sp³-hybridized carbons (Fsp3) is 0.667. The topological polar surface area (TPSA) is 44.8 Å². The van der Waals surface area contributed by atoms with Crippen LogP contribution in [-0.2, 0) is 13.0 Å². The van der Waals surface area contributed by atoms with Crippen LogP contribution < -0.4 is 10.1 Å². The van der Waals surface area contributed by atoms with Crippen molar-refractivity contribution in [3.63, 3.8) is 0 Å². The third-order valence-electron chi connectivity index (χ3n) is 6.34. The molecule has 1 aromatic rings. The van der Waals surface area contributed by atoms with Crippen LogP contribution in [0.1, 0.15) is 36.8 Å². The molecule has 0 spiro atoms. The number of benzene rings is 1. The molecular weight excluding hydrogens is 383 g/mol. The molecule has 2 heterocycles. The van der Waals surface area contributed by atoms with Gasteiger partial charge in [0, 0.05) is 45.2 Å². The highest BCUT2D eigenvalue weighted by atomic mass is 19.4. The van der Waals surface area contributed by atoms with Gasteiger partial charge in [-0.1, -0.05) is 12.1 Å². The zero-order chi connectivity index (χ0) is 20.4. The summed E-state index contributed by atoms with van der Waals surface area (Å²) in [6.07, 6.45) is -2.14. The van der Waals surface area contributed by atoms with Crippen LogP contribution in [0.4, 0.5) is 18.0 Å². The summed E-state index contributed by atoms with van der Waals surface area (Å²) >= 11 is 0. The van der Waals surface area contributed by atoms with Crippen molar-refractivity contribution in [1.29, 1.82) is 0 Å². The minimum atomic E-state index is -4.11. The molecule has 1 saturated heterocycles. The van der Waals surface area contributed by atoms with Gasteiger partial charge in [0.2, 0.25) is 0 Å². The van der Waals surface area contributed by atoms with Gasteiger partial charge in [-0.2, -0.15) is 13.2 Å². The van der Waals surface area contributed by atoms with Gasteiger partial charge < -0.3 is 15.0 Å². The fourth-order valence-corrected chi connectivity index (χ4v) is 4.54. The molecule has 3 aliphatic rings. The third kappa shape index (κ3) is 4.97. The van der Waals surface area contributed by atoms with Crippen LogP contribution in [0.3, 0.4) is 0 Å². The van der Waals surface area contributed by atoms with Gasteiger partial charge in [0.25, 0.3) is 0 Å². The summed E-state index contributed by atoms with van der Waals surface area (Å²) in [5, 5.41) is 2.94. The van der Waals surface area contributed by atoms with Crippen molar-refractivity contribution < 1.29 is 22.7 Å². The second kappa shape index (κ2) is 8.42. The van der Waals surface area contributed by atoms with Gasteiger partial charge in [0.15, 0.2) is 0 Å². The van der Waals surface area contributed by atoms with E-state index in [0.717, 1.165) is 38.4 Å². The van der Waals surface area contributed by atoms with Crippen LogP contribution in [0.15, 0.2) is 18.2 Å². The summed E-state index contributed by atoms with van der Waals surface area (Å²) in [6.45, 7) is 4.47. The Morgan fingerprint density at radius 3 is 2.52 bits per heavy atom. The Hall–Kier alpha value is -1.96. The Balaban J connectivity index is 1.20. The SMILES string of the molecule is O=C(NC1CCC(C(F)(F)F)CC1)N1CCN(Cc2ccc3c(c2)CCO3)CC1.